The Kier molecular flexibility index (Phi) is 3.44. The lowest BCUT2D eigenvalue weighted by molar-refractivity contribution is 0.496. The number of hydrogen-bond donors (Lipinski definition) is 0. The van der Waals surface area contributed by atoms with Crippen LogP contribution in [0.25, 0.3) is 0 Å². The number of halogens is 1. The van der Waals surface area contributed by atoms with E-state index in [0.717, 1.165) is 16.1 Å². The molecule has 2 rings (SSSR count). The molecule has 0 N–H and O–H groups in total. The maximum absolute atomic E-state index is 5.70. The summed E-state index contributed by atoms with van der Waals surface area (Å²) in [5.41, 5.74) is 2.50. The molecule has 78 valence electrons. The summed E-state index contributed by atoms with van der Waals surface area (Å²) in [4.78, 5) is 0. The standard InChI is InChI=1S/C12H11BrOS/c1-9-6-12(15-8-9)14-11-4-2-10(7-13)3-5-11/h2-6,8H,7H2,1H3. The van der Waals surface area contributed by atoms with Crippen LogP contribution in [0.2, 0.25) is 0 Å². The van der Waals surface area contributed by atoms with Crippen LogP contribution in [0, 0.1) is 6.92 Å². The van der Waals surface area contributed by atoms with E-state index in [9.17, 15) is 0 Å². The van der Waals surface area contributed by atoms with E-state index in [1.807, 2.05) is 18.2 Å². The first-order chi connectivity index (χ1) is 7.28. The highest BCUT2D eigenvalue weighted by Crippen LogP contribution is 2.28. The van der Waals surface area contributed by atoms with Gasteiger partial charge >= 0.3 is 0 Å². The van der Waals surface area contributed by atoms with Crippen molar-refractivity contribution < 1.29 is 4.74 Å². The van der Waals surface area contributed by atoms with Crippen molar-refractivity contribution in [3.63, 3.8) is 0 Å². The zero-order chi connectivity index (χ0) is 10.7. The van der Waals surface area contributed by atoms with Gasteiger partial charge in [-0.25, -0.2) is 0 Å². The molecule has 0 spiro atoms. The number of alkyl halides is 1. The largest absolute Gasteiger partial charge is 0.447 e. The maximum Gasteiger partial charge on any atom is 0.181 e. The predicted octanol–water partition coefficient (Wildman–Crippen LogP) is 4.74. The van der Waals surface area contributed by atoms with Crippen LogP contribution in [0.15, 0.2) is 35.7 Å². The third kappa shape index (κ3) is 2.83. The normalized spacial score (nSPS) is 10.3. The fraction of sp³-hybridized carbons (Fsp3) is 0.167. The molecule has 1 nitrogen and oxygen atoms in total. The first-order valence-corrected chi connectivity index (χ1v) is 6.66. The van der Waals surface area contributed by atoms with Crippen LogP contribution < -0.4 is 4.74 Å². The molecular weight excluding hydrogens is 272 g/mol. The molecular formula is C12H11BrOS. The van der Waals surface area contributed by atoms with Crippen LogP contribution in [0.3, 0.4) is 0 Å². The Bertz CT molecular complexity index is 433. The molecule has 0 saturated heterocycles. The Morgan fingerprint density at radius 2 is 2.00 bits per heavy atom. The monoisotopic (exact) mass is 282 g/mol. The summed E-state index contributed by atoms with van der Waals surface area (Å²) in [6.07, 6.45) is 0. The van der Waals surface area contributed by atoms with Crippen LogP contribution in [0.5, 0.6) is 10.8 Å². The SMILES string of the molecule is Cc1csc(Oc2ccc(CBr)cc2)c1. The van der Waals surface area contributed by atoms with Gasteiger partial charge in [0, 0.05) is 5.33 Å². The first kappa shape index (κ1) is 10.7. The summed E-state index contributed by atoms with van der Waals surface area (Å²) in [5.74, 6) is 0.890. The second-order valence-corrected chi connectivity index (χ2v) is 4.76. The van der Waals surface area contributed by atoms with Gasteiger partial charge in [-0.15, -0.1) is 11.3 Å². The van der Waals surface area contributed by atoms with Crippen molar-refractivity contribution >= 4 is 27.3 Å². The third-order valence-electron chi connectivity index (χ3n) is 2.00. The fourth-order valence-corrected chi connectivity index (χ4v) is 2.36. The molecule has 3 heteroatoms. The van der Waals surface area contributed by atoms with Gasteiger partial charge in [-0.2, -0.15) is 0 Å². The van der Waals surface area contributed by atoms with Gasteiger partial charge in [0.05, 0.1) is 0 Å². The topological polar surface area (TPSA) is 9.23 Å². The van der Waals surface area contributed by atoms with E-state index in [1.165, 1.54) is 11.1 Å². The maximum atomic E-state index is 5.70. The molecule has 0 aliphatic heterocycles. The summed E-state index contributed by atoms with van der Waals surface area (Å²) >= 11 is 5.04. The van der Waals surface area contributed by atoms with E-state index in [1.54, 1.807) is 11.3 Å². The van der Waals surface area contributed by atoms with Crippen molar-refractivity contribution in [3.05, 3.63) is 46.8 Å². The van der Waals surface area contributed by atoms with Gasteiger partial charge in [0.2, 0.25) is 0 Å². The van der Waals surface area contributed by atoms with Gasteiger partial charge < -0.3 is 4.74 Å². The number of thiophene rings is 1. The van der Waals surface area contributed by atoms with Gasteiger partial charge in [-0.1, -0.05) is 28.1 Å². The van der Waals surface area contributed by atoms with Crippen LogP contribution in [0.1, 0.15) is 11.1 Å². The smallest absolute Gasteiger partial charge is 0.181 e. The summed E-state index contributed by atoms with van der Waals surface area (Å²) in [5, 5.41) is 3.91. The molecule has 0 unspecified atom stereocenters. The highest BCUT2D eigenvalue weighted by Gasteiger charge is 1.99. The number of benzene rings is 1. The number of ether oxygens (including phenoxy) is 1. The molecule has 0 radical (unpaired) electrons. The summed E-state index contributed by atoms with van der Waals surface area (Å²) in [6.45, 7) is 2.07. The number of aryl methyl sites for hydroxylation is 1. The number of hydrogen-bond acceptors (Lipinski definition) is 2. The highest BCUT2D eigenvalue weighted by molar-refractivity contribution is 9.08. The van der Waals surface area contributed by atoms with E-state index in [2.05, 4.69) is 40.4 Å². The molecule has 1 heterocycles. The van der Waals surface area contributed by atoms with Crippen LogP contribution in [-0.2, 0) is 5.33 Å². The summed E-state index contributed by atoms with van der Waals surface area (Å²) < 4.78 is 5.70. The molecule has 0 saturated carbocycles. The number of rotatable bonds is 3. The summed E-state index contributed by atoms with van der Waals surface area (Å²) in [6, 6.07) is 10.1. The average molecular weight is 283 g/mol. The third-order valence-corrected chi connectivity index (χ3v) is 3.57. The first-order valence-electron chi connectivity index (χ1n) is 4.66. The van der Waals surface area contributed by atoms with Crippen molar-refractivity contribution in [2.75, 3.05) is 0 Å². The average Bonchev–Trinajstić information content (AvgIpc) is 2.65. The minimum atomic E-state index is 0.880. The van der Waals surface area contributed by atoms with Crippen molar-refractivity contribution in [3.8, 4) is 10.8 Å². The van der Waals surface area contributed by atoms with Crippen molar-refractivity contribution in [1.29, 1.82) is 0 Å². The summed E-state index contributed by atoms with van der Waals surface area (Å²) in [7, 11) is 0. The van der Waals surface area contributed by atoms with E-state index in [-0.39, 0.29) is 0 Å². The van der Waals surface area contributed by atoms with Crippen LogP contribution in [0.4, 0.5) is 0 Å². The molecule has 0 amide bonds. The van der Waals surface area contributed by atoms with Crippen molar-refractivity contribution in [2.24, 2.45) is 0 Å². The lowest BCUT2D eigenvalue weighted by Gasteiger charge is -2.02. The Morgan fingerprint density at radius 3 is 2.53 bits per heavy atom. The molecule has 1 aromatic heterocycles. The lowest BCUT2D eigenvalue weighted by atomic mass is 10.2. The van der Waals surface area contributed by atoms with E-state index in [4.69, 9.17) is 4.74 Å². The molecule has 1 aromatic carbocycles. The zero-order valence-electron chi connectivity index (χ0n) is 8.37. The highest BCUT2D eigenvalue weighted by atomic mass is 79.9. The zero-order valence-corrected chi connectivity index (χ0v) is 10.8. The molecule has 2 aromatic rings. The molecule has 0 atom stereocenters. The van der Waals surface area contributed by atoms with E-state index >= 15 is 0 Å². The Labute approximate surface area is 102 Å². The minimum absolute atomic E-state index is 0.880. The Morgan fingerprint density at radius 1 is 1.27 bits per heavy atom. The fourth-order valence-electron chi connectivity index (χ4n) is 1.22. The molecule has 0 bridgehead atoms. The predicted molar refractivity (Wildman–Crippen MR) is 68.2 cm³/mol. The van der Waals surface area contributed by atoms with E-state index in [0.29, 0.717) is 0 Å². The van der Waals surface area contributed by atoms with Gasteiger partial charge in [0.25, 0.3) is 0 Å². The van der Waals surface area contributed by atoms with E-state index < -0.39 is 0 Å². The quantitative estimate of drug-likeness (QED) is 0.739. The molecule has 0 fully saturated rings. The minimum Gasteiger partial charge on any atom is -0.447 e. The van der Waals surface area contributed by atoms with Gasteiger partial charge in [-0.05, 0) is 41.6 Å². The van der Waals surface area contributed by atoms with Gasteiger partial charge in [0.1, 0.15) is 5.75 Å². The molecule has 0 aliphatic carbocycles. The Balaban J connectivity index is 2.11. The van der Waals surface area contributed by atoms with Crippen molar-refractivity contribution in [1.82, 2.24) is 0 Å². The second kappa shape index (κ2) is 4.81. The van der Waals surface area contributed by atoms with Crippen LogP contribution in [-0.4, -0.2) is 0 Å². The Hall–Kier alpha value is -0.800. The van der Waals surface area contributed by atoms with Gasteiger partial charge in [-0.3, -0.25) is 0 Å². The van der Waals surface area contributed by atoms with Crippen molar-refractivity contribution in [2.45, 2.75) is 12.3 Å². The van der Waals surface area contributed by atoms with Gasteiger partial charge in [0.15, 0.2) is 5.06 Å². The molecule has 15 heavy (non-hydrogen) atoms. The lowest BCUT2D eigenvalue weighted by Crippen LogP contribution is -1.81. The van der Waals surface area contributed by atoms with Crippen LogP contribution >= 0.6 is 27.3 Å². The second-order valence-electron chi connectivity index (χ2n) is 3.32. The molecule has 0 aliphatic rings.